The number of hydrogen-bond acceptors (Lipinski definition) is 4. The Balaban J connectivity index is 1.54. The van der Waals surface area contributed by atoms with Crippen molar-refractivity contribution in [1.82, 2.24) is 10.2 Å². The Hall–Kier alpha value is -2.37. The summed E-state index contributed by atoms with van der Waals surface area (Å²) in [5, 5.41) is 2.97. The molecule has 0 radical (unpaired) electrons. The summed E-state index contributed by atoms with van der Waals surface area (Å²) in [5.41, 5.74) is 10.3. The lowest BCUT2D eigenvalue weighted by molar-refractivity contribution is -0.0704. The number of anilines is 1. The lowest BCUT2D eigenvalue weighted by Crippen LogP contribution is -2.44. The van der Waals surface area contributed by atoms with Gasteiger partial charge in [0.25, 0.3) is 5.91 Å². The third kappa shape index (κ3) is 5.31. The van der Waals surface area contributed by atoms with E-state index in [1.807, 2.05) is 13.0 Å². The van der Waals surface area contributed by atoms with Gasteiger partial charge in [-0.1, -0.05) is 30.3 Å². The van der Waals surface area contributed by atoms with Crippen molar-refractivity contribution in [1.29, 1.82) is 0 Å². The summed E-state index contributed by atoms with van der Waals surface area (Å²) in [7, 11) is 0. The van der Waals surface area contributed by atoms with E-state index in [4.69, 9.17) is 10.5 Å². The van der Waals surface area contributed by atoms with Gasteiger partial charge >= 0.3 is 0 Å². The maximum Gasteiger partial charge on any atom is 0.251 e. The molecular formula is C22H29N3O2. The zero-order chi connectivity index (χ0) is 19.4. The molecule has 1 fully saturated rings. The fourth-order valence-electron chi connectivity index (χ4n) is 3.60. The van der Waals surface area contributed by atoms with E-state index < -0.39 is 0 Å². The van der Waals surface area contributed by atoms with Crippen LogP contribution in [0, 0.1) is 6.92 Å². The molecule has 2 aromatic carbocycles. The number of nitrogen functional groups attached to an aromatic ring is 1. The Kier molecular flexibility index (Phi) is 6.14. The number of carbonyl (C=O) groups is 1. The van der Waals surface area contributed by atoms with Crippen LogP contribution in [0.1, 0.15) is 40.9 Å². The highest BCUT2D eigenvalue weighted by molar-refractivity contribution is 5.96. The second-order valence-corrected chi connectivity index (χ2v) is 7.52. The van der Waals surface area contributed by atoms with Crippen molar-refractivity contribution in [2.75, 3.05) is 18.8 Å². The topological polar surface area (TPSA) is 67.6 Å². The van der Waals surface area contributed by atoms with Crippen molar-refractivity contribution in [3.05, 3.63) is 64.7 Å². The molecule has 1 aliphatic rings. The molecule has 1 amide bonds. The van der Waals surface area contributed by atoms with Crippen molar-refractivity contribution in [2.24, 2.45) is 0 Å². The number of amides is 1. The van der Waals surface area contributed by atoms with Crippen LogP contribution in [-0.2, 0) is 17.8 Å². The van der Waals surface area contributed by atoms with Crippen molar-refractivity contribution < 1.29 is 9.53 Å². The third-order valence-electron chi connectivity index (χ3n) is 4.88. The van der Waals surface area contributed by atoms with Crippen molar-refractivity contribution >= 4 is 11.6 Å². The van der Waals surface area contributed by atoms with E-state index >= 15 is 0 Å². The molecule has 2 aromatic rings. The summed E-state index contributed by atoms with van der Waals surface area (Å²) in [6.07, 6.45) is 0.553. The summed E-state index contributed by atoms with van der Waals surface area (Å²) in [4.78, 5) is 14.8. The third-order valence-corrected chi connectivity index (χ3v) is 4.88. The van der Waals surface area contributed by atoms with Gasteiger partial charge in [0.1, 0.15) is 0 Å². The minimum atomic E-state index is -0.0971. The van der Waals surface area contributed by atoms with E-state index in [0.717, 1.165) is 30.8 Å². The molecule has 27 heavy (non-hydrogen) atoms. The average Bonchev–Trinajstić information content (AvgIpc) is 2.62. The first-order valence-corrected chi connectivity index (χ1v) is 9.50. The van der Waals surface area contributed by atoms with Crippen LogP contribution in [0.3, 0.4) is 0 Å². The molecule has 0 bridgehead atoms. The number of aryl methyl sites for hydroxylation is 1. The zero-order valence-electron chi connectivity index (χ0n) is 16.4. The van der Waals surface area contributed by atoms with Crippen LogP contribution in [0.5, 0.6) is 0 Å². The molecule has 1 saturated heterocycles. The van der Waals surface area contributed by atoms with Crippen LogP contribution in [0.15, 0.2) is 42.5 Å². The summed E-state index contributed by atoms with van der Waals surface area (Å²) in [6.45, 7) is 9.50. The van der Waals surface area contributed by atoms with Crippen molar-refractivity contribution in [2.45, 2.75) is 46.1 Å². The smallest absolute Gasteiger partial charge is 0.251 e. The van der Waals surface area contributed by atoms with Gasteiger partial charge in [0.2, 0.25) is 0 Å². The first-order valence-electron chi connectivity index (χ1n) is 9.50. The number of benzene rings is 2. The molecule has 5 heteroatoms. The number of nitrogens with zero attached hydrogens (tertiary/aromatic N) is 1. The lowest BCUT2D eigenvalue weighted by atomic mass is 10.1. The predicted octanol–water partition coefficient (Wildman–Crippen LogP) is 3.12. The monoisotopic (exact) mass is 367 g/mol. The molecule has 2 unspecified atom stereocenters. The van der Waals surface area contributed by atoms with Gasteiger partial charge in [0.05, 0.1) is 12.2 Å². The first kappa shape index (κ1) is 19.4. The SMILES string of the molecule is Cc1ccc(N)cc1C(=O)NCc1ccc(CN2CC(C)OC(C)C2)cc1. The summed E-state index contributed by atoms with van der Waals surface area (Å²) in [5.74, 6) is -0.0971. The Morgan fingerprint density at radius 2 is 1.74 bits per heavy atom. The van der Waals surface area contributed by atoms with E-state index in [-0.39, 0.29) is 18.1 Å². The molecule has 0 aliphatic carbocycles. The Morgan fingerprint density at radius 3 is 2.41 bits per heavy atom. The zero-order valence-corrected chi connectivity index (χ0v) is 16.4. The first-order chi connectivity index (χ1) is 12.9. The Morgan fingerprint density at radius 1 is 1.11 bits per heavy atom. The maximum atomic E-state index is 12.4. The fraction of sp³-hybridized carbons (Fsp3) is 0.409. The van der Waals surface area contributed by atoms with Crippen molar-refractivity contribution in [3.8, 4) is 0 Å². The molecule has 3 N–H and O–H groups in total. The molecule has 1 heterocycles. The molecular weight excluding hydrogens is 338 g/mol. The van der Waals surface area contributed by atoms with E-state index in [1.54, 1.807) is 12.1 Å². The van der Waals surface area contributed by atoms with Crippen molar-refractivity contribution in [3.63, 3.8) is 0 Å². The largest absolute Gasteiger partial charge is 0.399 e. The summed E-state index contributed by atoms with van der Waals surface area (Å²) >= 11 is 0. The van der Waals surface area contributed by atoms with Crippen LogP contribution in [0.2, 0.25) is 0 Å². The highest BCUT2D eigenvalue weighted by atomic mass is 16.5. The number of nitrogens with one attached hydrogen (secondary N) is 1. The van der Waals surface area contributed by atoms with Gasteiger partial charge in [-0.05, 0) is 49.6 Å². The quantitative estimate of drug-likeness (QED) is 0.797. The van der Waals surface area contributed by atoms with Crippen LogP contribution < -0.4 is 11.1 Å². The molecule has 5 nitrogen and oxygen atoms in total. The van der Waals surface area contributed by atoms with Gasteiger partial charge in [0.15, 0.2) is 0 Å². The summed E-state index contributed by atoms with van der Waals surface area (Å²) < 4.78 is 5.79. The molecule has 0 saturated carbocycles. The molecule has 2 atom stereocenters. The number of hydrogen-bond donors (Lipinski definition) is 2. The second kappa shape index (κ2) is 8.55. The molecule has 0 spiro atoms. The minimum Gasteiger partial charge on any atom is -0.399 e. The Labute approximate surface area is 161 Å². The highest BCUT2D eigenvalue weighted by Gasteiger charge is 2.21. The van der Waals surface area contributed by atoms with Crippen LogP contribution in [0.4, 0.5) is 5.69 Å². The fourth-order valence-corrected chi connectivity index (χ4v) is 3.60. The van der Waals surface area contributed by atoms with Gasteiger partial charge in [-0.3, -0.25) is 9.69 Å². The predicted molar refractivity (Wildman–Crippen MR) is 108 cm³/mol. The lowest BCUT2D eigenvalue weighted by Gasteiger charge is -2.35. The molecule has 0 aromatic heterocycles. The minimum absolute atomic E-state index is 0.0971. The molecule has 1 aliphatic heterocycles. The van der Waals surface area contributed by atoms with Crippen LogP contribution in [0.25, 0.3) is 0 Å². The van der Waals surface area contributed by atoms with Gasteiger partial charge in [-0.25, -0.2) is 0 Å². The maximum absolute atomic E-state index is 12.4. The summed E-state index contributed by atoms with van der Waals surface area (Å²) in [6, 6.07) is 13.8. The average molecular weight is 367 g/mol. The van der Waals surface area contributed by atoms with Gasteiger partial charge in [0, 0.05) is 37.4 Å². The van der Waals surface area contributed by atoms with Gasteiger partial charge < -0.3 is 15.8 Å². The molecule has 144 valence electrons. The number of ether oxygens (including phenoxy) is 1. The number of nitrogens with two attached hydrogens (primary N) is 1. The number of morpholine rings is 1. The number of rotatable bonds is 5. The Bertz CT molecular complexity index is 779. The number of carbonyl (C=O) groups excluding carboxylic acids is 1. The second-order valence-electron chi connectivity index (χ2n) is 7.52. The standard InChI is InChI=1S/C22H29N3O2/c1-15-4-9-20(23)10-21(15)22(26)24-11-18-5-7-19(8-6-18)14-25-12-16(2)27-17(3)13-25/h4-10,16-17H,11-14,23H2,1-3H3,(H,24,26). The normalized spacial score (nSPS) is 20.4. The van der Waals surface area contributed by atoms with E-state index in [0.29, 0.717) is 17.8 Å². The van der Waals surface area contributed by atoms with Crippen LogP contribution >= 0.6 is 0 Å². The van der Waals surface area contributed by atoms with Gasteiger partial charge in [-0.2, -0.15) is 0 Å². The van der Waals surface area contributed by atoms with Crippen LogP contribution in [-0.4, -0.2) is 36.1 Å². The van der Waals surface area contributed by atoms with E-state index in [9.17, 15) is 4.79 Å². The van der Waals surface area contributed by atoms with E-state index in [2.05, 4.69) is 48.3 Å². The highest BCUT2D eigenvalue weighted by Crippen LogP contribution is 2.15. The van der Waals surface area contributed by atoms with Gasteiger partial charge in [-0.15, -0.1) is 0 Å². The van der Waals surface area contributed by atoms with E-state index in [1.165, 1.54) is 5.56 Å². The molecule has 3 rings (SSSR count).